The summed E-state index contributed by atoms with van der Waals surface area (Å²) in [7, 11) is -0.0311. The van der Waals surface area contributed by atoms with Crippen LogP contribution < -0.4 is 14.8 Å². The van der Waals surface area contributed by atoms with E-state index in [1.165, 1.54) is 7.11 Å². The predicted octanol–water partition coefficient (Wildman–Crippen LogP) is 2.09. The highest BCUT2D eigenvalue weighted by molar-refractivity contribution is 7.92. The second-order valence-electron chi connectivity index (χ2n) is 4.08. The smallest absolute Gasteiger partial charge is 0.232 e. The van der Waals surface area contributed by atoms with Crippen LogP contribution in [0.2, 0.25) is 5.02 Å². The number of sulfonamides is 1. The van der Waals surface area contributed by atoms with Crippen LogP contribution in [0.3, 0.4) is 0 Å². The molecule has 1 rings (SSSR count). The van der Waals surface area contributed by atoms with Gasteiger partial charge in [0.1, 0.15) is 5.75 Å². The number of hydrogen-bond acceptors (Lipinski definition) is 4. The zero-order valence-corrected chi connectivity index (χ0v) is 12.6. The number of methoxy groups -OCH3 is 1. The molecular weight excluding hydrogens is 288 g/mol. The van der Waals surface area contributed by atoms with E-state index >= 15 is 0 Å². The molecule has 0 amide bonds. The largest absolute Gasteiger partial charge is 0.497 e. The van der Waals surface area contributed by atoms with Crippen molar-refractivity contribution in [2.24, 2.45) is 0 Å². The summed E-state index contributed by atoms with van der Waals surface area (Å²) < 4.78 is 31.3. The van der Waals surface area contributed by atoms with Gasteiger partial charge in [0.25, 0.3) is 0 Å². The Kier molecular flexibility index (Phi) is 6.41. The highest BCUT2D eigenvalue weighted by Gasteiger charge is 2.12. The number of anilines is 1. The van der Waals surface area contributed by atoms with E-state index in [2.05, 4.69) is 10.0 Å². The fraction of sp³-hybridized carbons (Fsp3) is 0.500. The van der Waals surface area contributed by atoms with Crippen LogP contribution >= 0.6 is 11.6 Å². The van der Waals surface area contributed by atoms with E-state index < -0.39 is 10.0 Å². The molecule has 0 radical (unpaired) electrons. The topological polar surface area (TPSA) is 67.4 Å². The van der Waals surface area contributed by atoms with E-state index in [0.29, 0.717) is 22.9 Å². The van der Waals surface area contributed by atoms with Gasteiger partial charge in [0.15, 0.2) is 0 Å². The Hall–Kier alpha value is -0.980. The first kappa shape index (κ1) is 16.1. The minimum absolute atomic E-state index is 0.0716. The van der Waals surface area contributed by atoms with Gasteiger partial charge in [-0.15, -0.1) is 0 Å². The summed E-state index contributed by atoms with van der Waals surface area (Å²) in [5, 5.41) is 3.32. The molecule has 5 nitrogen and oxygen atoms in total. The number of benzene rings is 1. The zero-order chi connectivity index (χ0) is 14.3. The summed E-state index contributed by atoms with van der Waals surface area (Å²) in [5.74, 6) is 0.625. The standard InChI is InChI=1S/C12H19ClN2O3S/c1-14-7-3-4-8-19(16,17)15-12-9-10(18-2)5-6-11(12)13/h5-6,9,14-15H,3-4,7-8H2,1-2H3. The monoisotopic (exact) mass is 306 g/mol. The minimum Gasteiger partial charge on any atom is -0.497 e. The lowest BCUT2D eigenvalue weighted by Gasteiger charge is -2.10. The van der Waals surface area contributed by atoms with Crippen molar-refractivity contribution in [1.82, 2.24) is 5.32 Å². The van der Waals surface area contributed by atoms with Crippen LogP contribution in [0.15, 0.2) is 18.2 Å². The predicted molar refractivity (Wildman–Crippen MR) is 78.6 cm³/mol. The molecule has 0 spiro atoms. The lowest BCUT2D eigenvalue weighted by molar-refractivity contribution is 0.415. The molecule has 2 N–H and O–H groups in total. The Labute approximate surface area is 119 Å². The van der Waals surface area contributed by atoms with Crippen LogP contribution in [0.1, 0.15) is 12.8 Å². The Bertz CT molecular complexity index is 506. The maximum absolute atomic E-state index is 11.9. The molecule has 19 heavy (non-hydrogen) atoms. The van der Waals surface area contributed by atoms with Gasteiger partial charge >= 0.3 is 0 Å². The average Bonchev–Trinajstić information content (AvgIpc) is 2.37. The molecule has 0 aliphatic carbocycles. The maximum Gasteiger partial charge on any atom is 0.232 e. The Morgan fingerprint density at radius 3 is 2.68 bits per heavy atom. The summed E-state index contributed by atoms with van der Waals surface area (Å²) >= 11 is 5.95. The molecule has 0 aliphatic heterocycles. The van der Waals surface area contributed by atoms with E-state index in [1.54, 1.807) is 18.2 Å². The summed E-state index contributed by atoms with van der Waals surface area (Å²) in [4.78, 5) is 0. The molecule has 0 atom stereocenters. The summed E-state index contributed by atoms with van der Waals surface area (Å²) in [6.07, 6.45) is 1.40. The number of rotatable bonds is 8. The molecular formula is C12H19ClN2O3S. The minimum atomic E-state index is -3.38. The highest BCUT2D eigenvalue weighted by atomic mass is 35.5. The van der Waals surface area contributed by atoms with E-state index in [-0.39, 0.29) is 5.75 Å². The Morgan fingerprint density at radius 1 is 1.32 bits per heavy atom. The van der Waals surface area contributed by atoms with Crippen LogP contribution in [-0.4, -0.2) is 34.9 Å². The lowest BCUT2D eigenvalue weighted by Crippen LogP contribution is -2.18. The zero-order valence-electron chi connectivity index (χ0n) is 11.1. The van der Waals surface area contributed by atoms with Gasteiger partial charge in [-0.1, -0.05) is 11.6 Å². The number of halogens is 1. The van der Waals surface area contributed by atoms with Crippen LogP contribution in [-0.2, 0) is 10.0 Å². The SMILES string of the molecule is CNCCCCS(=O)(=O)Nc1cc(OC)ccc1Cl. The fourth-order valence-electron chi connectivity index (χ4n) is 1.52. The van der Waals surface area contributed by atoms with E-state index in [1.807, 2.05) is 7.05 Å². The average molecular weight is 307 g/mol. The third-order valence-electron chi connectivity index (χ3n) is 2.53. The fourth-order valence-corrected chi connectivity index (χ4v) is 2.93. The first-order valence-electron chi connectivity index (χ1n) is 5.97. The van der Waals surface area contributed by atoms with Gasteiger partial charge in [0, 0.05) is 6.07 Å². The second-order valence-corrected chi connectivity index (χ2v) is 6.33. The number of hydrogen-bond donors (Lipinski definition) is 2. The van der Waals surface area contributed by atoms with E-state index in [4.69, 9.17) is 16.3 Å². The summed E-state index contributed by atoms with van der Waals surface area (Å²) in [5.41, 5.74) is 0.342. The van der Waals surface area contributed by atoms with Crippen molar-refractivity contribution >= 4 is 27.3 Å². The van der Waals surface area contributed by atoms with Crippen molar-refractivity contribution in [2.45, 2.75) is 12.8 Å². The molecule has 0 saturated heterocycles. The van der Waals surface area contributed by atoms with Crippen LogP contribution in [0.5, 0.6) is 5.75 Å². The van der Waals surface area contributed by atoms with Crippen molar-refractivity contribution < 1.29 is 13.2 Å². The lowest BCUT2D eigenvalue weighted by atomic mass is 10.3. The number of ether oxygens (including phenoxy) is 1. The highest BCUT2D eigenvalue weighted by Crippen LogP contribution is 2.27. The van der Waals surface area contributed by atoms with Crippen molar-refractivity contribution in [3.05, 3.63) is 23.2 Å². The summed E-state index contributed by atoms with van der Waals surface area (Å²) in [6, 6.07) is 4.83. The van der Waals surface area contributed by atoms with Crippen molar-refractivity contribution in [3.63, 3.8) is 0 Å². The van der Waals surface area contributed by atoms with Crippen LogP contribution in [0, 0.1) is 0 Å². The van der Waals surface area contributed by atoms with Gasteiger partial charge in [-0.3, -0.25) is 4.72 Å². The molecule has 1 aromatic carbocycles. The van der Waals surface area contributed by atoms with Crippen molar-refractivity contribution in [2.75, 3.05) is 31.2 Å². The summed E-state index contributed by atoms with van der Waals surface area (Å²) in [6.45, 7) is 0.801. The Morgan fingerprint density at radius 2 is 2.05 bits per heavy atom. The molecule has 0 heterocycles. The molecule has 0 unspecified atom stereocenters. The van der Waals surface area contributed by atoms with Crippen molar-refractivity contribution in [1.29, 1.82) is 0 Å². The Balaban J connectivity index is 2.67. The molecule has 0 saturated carbocycles. The van der Waals surface area contributed by atoms with Gasteiger partial charge in [0.05, 0.1) is 23.6 Å². The van der Waals surface area contributed by atoms with Crippen molar-refractivity contribution in [3.8, 4) is 5.75 Å². The van der Waals surface area contributed by atoms with Gasteiger partial charge in [-0.05, 0) is 38.6 Å². The van der Waals surface area contributed by atoms with Gasteiger partial charge in [-0.2, -0.15) is 0 Å². The molecule has 0 aromatic heterocycles. The first-order chi connectivity index (χ1) is 8.98. The number of nitrogens with one attached hydrogen (secondary N) is 2. The molecule has 1 aromatic rings. The van der Waals surface area contributed by atoms with Gasteiger partial charge in [-0.25, -0.2) is 8.42 Å². The normalized spacial score (nSPS) is 11.3. The van der Waals surface area contributed by atoms with E-state index in [9.17, 15) is 8.42 Å². The second kappa shape index (κ2) is 7.57. The molecule has 108 valence electrons. The van der Waals surface area contributed by atoms with Crippen LogP contribution in [0.25, 0.3) is 0 Å². The van der Waals surface area contributed by atoms with E-state index in [0.717, 1.165) is 13.0 Å². The quantitative estimate of drug-likeness (QED) is 0.722. The molecule has 0 fully saturated rings. The third kappa shape index (κ3) is 5.67. The van der Waals surface area contributed by atoms with Gasteiger partial charge < -0.3 is 10.1 Å². The first-order valence-corrected chi connectivity index (χ1v) is 8.00. The molecule has 0 aliphatic rings. The molecule has 0 bridgehead atoms. The maximum atomic E-state index is 11.9. The van der Waals surface area contributed by atoms with Gasteiger partial charge in [0.2, 0.25) is 10.0 Å². The van der Waals surface area contributed by atoms with Crippen LogP contribution in [0.4, 0.5) is 5.69 Å². The third-order valence-corrected chi connectivity index (χ3v) is 4.22. The molecule has 7 heteroatoms. The number of unbranched alkanes of at least 4 members (excludes halogenated alkanes) is 1.